The predicted molar refractivity (Wildman–Crippen MR) is 100 cm³/mol. The number of aryl methyl sites for hydroxylation is 1. The van der Waals surface area contributed by atoms with Crippen LogP contribution in [0.15, 0.2) is 49.4 Å². The van der Waals surface area contributed by atoms with Crippen LogP contribution < -0.4 is 16.0 Å². The van der Waals surface area contributed by atoms with E-state index in [1.807, 2.05) is 0 Å². The zero-order valence-electron chi connectivity index (χ0n) is 13.8. The summed E-state index contributed by atoms with van der Waals surface area (Å²) in [5, 5.41) is 0. The molecule has 0 atom stereocenters. The highest BCUT2D eigenvalue weighted by atomic mass is 79.9. The third-order valence-corrected chi connectivity index (χ3v) is 5.46. The van der Waals surface area contributed by atoms with Crippen molar-refractivity contribution in [1.82, 2.24) is 9.55 Å². The van der Waals surface area contributed by atoms with Gasteiger partial charge in [0.2, 0.25) is 0 Å². The van der Waals surface area contributed by atoms with Gasteiger partial charge in [0.1, 0.15) is 0 Å². The van der Waals surface area contributed by atoms with E-state index < -0.39 is 26.2 Å². The molecule has 0 saturated carbocycles. The van der Waals surface area contributed by atoms with Gasteiger partial charge in [0.15, 0.2) is 4.90 Å². The van der Waals surface area contributed by atoms with Crippen molar-refractivity contribution in [2.24, 2.45) is 0 Å². The van der Waals surface area contributed by atoms with Gasteiger partial charge in [0.05, 0.1) is 0 Å². The highest BCUT2D eigenvalue weighted by Gasteiger charge is 2.20. The summed E-state index contributed by atoms with van der Waals surface area (Å²) >= 11 is 3.25. The fourth-order valence-electron chi connectivity index (χ4n) is 2.32. The average molecular weight is 430 g/mol. The van der Waals surface area contributed by atoms with Gasteiger partial charge in [-0.3, -0.25) is 19.1 Å². The van der Waals surface area contributed by atoms with Gasteiger partial charge < -0.3 is 0 Å². The van der Waals surface area contributed by atoms with Gasteiger partial charge in [-0.15, -0.1) is 0 Å². The van der Waals surface area contributed by atoms with Crippen LogP contribution in [0.3, 0.4) is 0 Å². The number of unbranched alkanes of at least 4 members (excludes halogenated alkanes) is 3. The SMILES string of the molecule is CCCCCCn1cc(S(=O)(=O)Nc2cccc(Br)c2)c(=O)[nH]c1=O. The van der Waals surface area contributed by atoms with E-state index in [1.54, 1.807) is 24.3 Å². The summed E-state index contributed by atoms with van der Waals surface area (Å²) in [6.45, 7) is 2.43. The summed E-state index contributed by atoms with van der Waals surface area (Å²) in [5.41, 5.74) is -1.23. The van der Waals surface area contributed by atoms with E-state index in [0.29, 0.717) is 16.7 Å². The zero-order chi connectivity index (χ0) is 18.4. The molecule has 9 heteroatoms. The van der Waals surface area contributed by atoms with Crippen molar-refractivity contribution in [1.29, 1.82) is 0 Å². The molecule has 0 spiro atoms. The lowest BCUT2D eigenvalue weighted by molar-refractivity contribution is 0.549. The van der Waals surface area contributed by atoms with Crippen LogP contribution >= 0.6 is 15.9 Å². The summed E-state index contributed by atoms with van der Waals surface area (Å²) in [7, 11) is -4.11. The first-order valence-electron chi connectivity index (χ1n) is 7.95. The average Bonchev–Trinajstić information content (AvgIpc) is 2.52. The Morgan fingerprint density at radius 2 is 1.96 bits per heavy atom. The molecule has 0 radical (unpaired) electrons. The lowest BCUT2D eigenvalue weighted by Gasteiger charge is -2.10. The number of sulfonamides is 1. The number of rotatable bonds is 8. The molecular weight excluding hydrogens is 410 g/mol. The van der Waals surface area contributed by atoms with Crippen LogP contribution in [0.1, 0.15) is 32.6 Å². The minimum atomic E-state index is -4.11. The number of anilines is 1. The van der Waals surface area contributed by atoms with E-state index in [2.05, 4.69) is 32.6 Å². The Morgan fingerprint density at radius 3 is 2.64 bits per heavy atom. The maximum Gasteiger partial charge on any atom is 0.328 e. The third kappa shape index (κ3) is 5.30. The first-order chi connectivity index (χ1) is 11.8. The smallest absolute Gasteiger partial charge is 0.299 e. The molecule has 0 amide bonds. The Bertz CT molecular complexity index is 950. The maximum absolute atomic E-state index is 12.5. The lowest BCUT2D eigenvalue weighted by atomic mass is 10.2. The highest BCUT2D eigenvalue weighted by Crippen LogP contribution is 2.18. The number of aromatic amines is 1. The third-order valence-electron chi connectivity index (χ3n) is 3.60. The Hall–Kier alpha value is -1.87. The zero-order valence-corrected chi connectivity index (χ0v) is 16.2. The second-order valence-corrected chi connectivity index (χ2v) is 8.19. The number of halogens is 1. The van der Waals surface area contributed by atoms with E-state index in [1.165, 1.54) is 4.57 Å². The van der Waals surface area contributed by atoms with E-state index in [9.17, 15) is 18.0 Å². The van der Waals surface area contributed by atoms with Crippen molar-refractivity contribution in [2.45, 2.75) is 44.0 Å². The Kier molecular flexibility index (Phi) is 6.60. The van der Waals surface area contributed by atoms with Gasteiger partial charge in [-0.2, -0.15) is 0 Å². The number of nitrogens with zero attached hydrogens (tertiary/aromatic N) is 1. The molecule has 2 N–H and O–H groups in total. The molecule has 2 aromatic rings. The van der Waals surface area contributed by atoms with Gasteiger partial charge >= 0.3 is 5.69 Å². The molecule has 0 unspecified atom stereocenters. The number of H-pyrrole nitrogens is 1. The molecule has 1 aromatic heterocycles. The molecule has 0 aliphatic carbocycles. The van der Waals surface area contributed by atoms with Gasteiger partial charge in [0, 0.05) is 22.9 Å². The molecule has 1 heterocycles. The summed E-state index contributed by atoms with van der Waals surface area (Å²) in [5.74, 6) is 0. The van der Waals surface area contributed by atoms with Gasteiger partial charge in [0.25, 0.3) is 15.6 Å². The number of hydrogen-bond donors (Lipinski definition) is 2. The van der Waals surface area contributed by atoms with E-state index in [0.717, 1.165) is 31.9 Å². The number of nitrogens with one attached hydrogen (secondary N) is 2. The summed E-state index contributed by atoms with van der Waals surface area (Å²) in [4.78, 5) is 25.4. The predicted octanol–water partition coefficient (Wildman–Crippen LogP) is 2.68. The fourth-order valence-corrected chi connectivity index (χ4v) is 3.83. The van der Waals surface area contributed by atoms with Crippen LogP contribution in [-0.2, 0) is 16.6 Å². The standard InChI is InChI=1S/C16H20BrN3O4S/c1-2-3-4-5-9-20-11-14(15(21)18-16(20)22)25(23,24)19-13-8-6-7-12(17)10-13/h6-8,10-11,19H,2-5,9H2,1H3,(H,18,21,22). The van der Waals surface area contributed by atoms with Crippen molar-refractivity contribution in [2.75, 3.05) is 4.72 Å². The van der Waals surface area contributed by atoms with Gasteiger partial charge in [-0.25, -0.2) is 13.2 Å². The number of hydrogen-bond acceptors (Lipinski definition) is 4. The van der Waals surface area contributed by atoms with Crippen molar-refractivity contribution in [3.63, 3.8) is 0 Å². The lowest BCUT2D eigenvalue weighted by Crippen LogP contribution is -2.34. The monoisotopic (exact) mass is 429 g/mol. The minimum Gasteiger partial charge on any atom is -0.299 e. The van der Waals surface area contributed by atoms with E-state index in [-0.39, 0.29) is 0 Å². The molecule has 0 fully saturated rings. The summed E-state index contributed by atoms with van der Waals surface area (Å²) in [6.07, 6.45) is 4.86. The van der Waals surface area contributed by atoms with Crippen molar-refractivity contribution in [3.05, 3.63) is 55.8 Å². The number of benzene rings is 1. The van der Waals surface area contributed by atoms with Crippen molar-refractivity contribution >= 4 is 31.6 Å². The molecule has 2 rings (SSSR count). The molecule has 1 aromatic carbocycles. The molecule has 0 aliphatic rings. The van der Waals surface area contributed by atoms with Gasteiger partial charge in [-0.05, 0) is 24.6 Å². The molecule has 0 bridgehead atoms. The molecule has 0 saturated heterocycles. The van der Waals surface area contributed by atoms with Crippen LogP contribution in [0.5, 0.6) is 0 Å². The minimum absolute atomic E-state index is 0.314. The van der Waals surface area contributed by atoms with Crippen LogP contribution in [0.4, 0.5) is 5.69 Å². The molecule has 7 nitrogen and oxygen atoms in total. The van der Waals surface area contributed by atoms with Gasteiger partial charge in [-0.1, -0.05) is 48.2 Å². The van der Waals surface area contributed by atoms with E-state index in [4.69, 9.17) is 0 Å². The van der Waals surface area contributed by atoms with Crippen molar-refractivity contribution in [3.8, 4) is 0 Å². The molecule has 136 valence electrons. The fraction of sp³-hybridized carbons (Fsp3) is 0.375. The second kappa shape index (κ2) is 8.48. The summed E-state index contributed by atoms with van der Waals surface area (Å²) < 4.78 is 29.3. The van der Waals surface area contributed by atoms with Crippen LogP contribution in [-0.4, -0.2) is 18.0 Å². The molecule has 0 aliphatic heterocycles. The Morgan fingerprint density at radius 1 is 1.20 bits per heavy atom. The second-order valence-electron chi connectivity index (χ2n) is 5.62. The molecule has 25 heavy (non-hydrogen) atoms. The molecular formula is C16H20BrN3O4S. The van der Waals surface area contributed by atoms with E-state index >= 15 is 0 Å². The first-order valence-corrected chi connectivity index (χ1v) is 10.2. The first kappa shape index (κ1) is 19.5. The highest BCUT2D eigenvalue weighted by molar-refractivity contribution is 9.10. The summed E-state index contributed by atoms with van der Waals surface area (Å²) in [6, 6.07) is 6.56. The van der Waals surface area contributed by atoms with Crippen LogP contribution in [0.2, 0.25) is 0 Å². The topological polar surface area (TPSA) is 101 Å². The van der Waals surface area contributed by atoms with Crippen LogP contribution in [0, 0.1) is 0 Å². The largest absolute Gasteiger partial charge is 0.328 e. The quantitative estimate of drug-likeness (QED) is 0.629. The Labute approximate surface area is 154 Å². The Balaban J connectivity index is 2.30. The number of aromatic nitrogens is 2. The van der Waals surface area contributed by atoms with Crippen molar-refractivity contribution < 1.29 is 8.42 Å². The van der Waals surface area contributed by atoms with Crippen LogP contribution in [0.25, 0.3) is 0 Å². The normalized spacial score (nSPS) is 11.4. The maximum atomic E-state index is 12.5.